The summed E-state index contributed by atoms with van der Waals surface area (Å²) in [5, 5.41) is 3.41. The van der Waals surface area contributed by atoms with Crippen LogP contribution >= 0.6 is 0 Å². The predicted octanol–water partition coefficient (Wildman–Crippen LogP) is 1.99. The standard InChI is InChI=1S/C15H16N2/c16-15(13-7-2-1-3-8-13)11-17-10-12-6-4-5-9-14(12)15/h1-9,17H,10-11,16H2. The van der Waals surface area contributed by atoms with Gasteiger partial charge in [0.05, 0.1) is 5.54 Å². The molecular weight excluding hydrogens is 208 g/mol. The molecule has 86 valence electrons. The Morgan fingerprint density at radius 1 is 0.941 bits per heavy atom. The van der Waals surface area contributed by atoms with Crippen LogP contribution in [0.2, 0.25) is 0 Å². The second kappa shape index (κ2) is 3.99. The van der Waals surface area contributed by atoms with Crippen LogP contribution in [0.3, 0.4) is 0 Å². The summed E-state index contributed by atoms with van der Waals surface area (Å²) in [7, 11) is 0. The normalized spacial score (nSPS) is 23.1. The molecule has 0 saturated carbocycles. The number of nitrogens with two attached hydrogens (primary N) is 1. The van der Waals surface area contributed by atoms with Gasteiger partial charge in [0.25, 0.3) is 0 Å². The van der Waals surface area contributed by atoms with E-state index in [-0.39, 0.29) is 0 Å². The summed E-state index contributed by atoms with van der Waals surface area (Å²) in [6.45, 7) is 1.69. The van der Waals surface area contributed by atoms with Crippen molar-refractivity contribution in [2.45, 2.75) is 12.1 Å². The quantitative estimate of drug-likeness (QED) is 0.777. The zero-order chi connectivity index (χ0) is 11.7. The van der Waals surface area contributed by atoms with Gasteiger partial charge in [-0.25, -0.2) is 0 Å². The summed E-state index contributed by atoms with van der Waals surface area (Å²) < 4.78 is 0. The molecule has 2 aromatic rings. The molecule has 0 aromatic heterocycles. The van der Waals surface area contributed by atoms with Gasteiger partial charge < -0.3 is 11.1 Å². The lowest BCUT2D eigenvalue weighted by molar-refractivity contribution is 0.445. The highest BCUT2D eigenvalue weighted by molar-refractivity contribution is 5.44. The number of hydrogen-bond donors (Lipinski definition) is 2. The van der Waals surface area contributed by atoms with Crippen molar-refractivity contribution in [2.24, 2.45) is 5.73 Å². The molecule has 2 nitrogen and oxygen atoms in total. The predicted molar refractivity (Wildman–Crippen MR) is 69.6 cm³/mol. The molecule has 0 amide bonds. The monoisotopic (exact) mass is 224 g/mol. The molecule has 1 heterocycles. The first kappa shape index (κ1) is 10.5. The van der Waals surface area contributed by atoms with E-state index in [9.17, 15) is 0 Å². The van der Waals surface area contributed by atoms with Crippen LogP contribution < -0.4 is 11.1 Å². The van der Waals surface area contributed by atoms with Gasteiger partial charge >= 0.3 is 0 Å². The minimum atomic E-state index is -0.407. The van der Waals surface area contributed by atoms with Crippen LogP contribution in [-0.2, 0) is 12.1 Å². The second-order valence-corrected chi connectivity index (χ2v) is 4.60. The molecule has 3 rings (SSSR count). The molecule has 1 atom stereocenters. The zero-order valence-corrected chi connectivity index (χ0v) is 9.69. The average Bonchev–Trinajstić information content (AvgIpc) is 2.40. The minimum Gasteiger partial charge on any atom is -0.317 e. The highest BCUT2D eigenvalue weighted by Gasteiger charge is 2.33. The molecule has 1 unspecified atom stereocenters. The maximum Gasteiger partial charge on any atom is 0.0795 e. The summed E-state index contributed by atoms with van der Waals surface area (Å²) in [5.74, 6) is 0. The van der Waals surface area contributed by atoms with Crippen molar-refractivity contribution >= 4 is 0 Å². The number of benzene rings is 2. The molecule has 0 saturated heterocycles. The molecule has 1 aliphatic heterocycles. The van der Waals surface area contributed by atoms with Crippen LogP contribution in [0.4, 0.5) is 0 Å². The van der Waals surface area contributed by atoms with Crippen LogP contribution in [0.1, 0.15) is 16.7 Å². The summed E-state index contributed by atoms with van der Waals surface area (Å²) in [6.07, 6.45) is 0. The zero-order valence-electron chi connectivity index (χ0n) is 9.69. The Hall–Kier alpha value is -1.64. The third kappa shape index (κ3) is 1.66. The van der Waals surface area contributed by atoms with E-state index in [0.717, 1.165) is 13.1 Å². The summed E-state index contributed by atoms with van der Waals surface area (Å²) in [5.41, 5.74) is 9.93. The van der Waals surface area contributed by atoms with Gasteiger partial charge in [-0.2, -0.15) is 0 Å². The van der Waals surface area contributed by atoms with Crippen molar-refractivity contribution in [2.75, 3.05) is 6.54 Å². The van der Waals surface area contributed by atoms with E-state index in [2.05, 4.69) is 41.7 Å². The Labute approximate surface area is 101 Å². The van der Waals surface area contributed by atoms with Crippen molar-refractivity contribution in [1.82, 2.24) is 5.32 Å². The Morgan fingerprint density at radius 3 is 2.47 bits per heavy atom. The van der Waals surface area contributed by atoms with Gasteiger partial charge in [-0.3, -0.25) is 0 Å². The Bertz CT molecular complexity index is 521. The first-order chi connectivity index (χ1) is 8.31. The molecule has 2 aromatic carbocycles. The van der Waals surface area contributed by atoms with E-state index in [1.54, 1.807) is 0 Å². The molecule has 0 bridgehead atoms. The van der Waals surface area contributed by atoms with Crippen molar-refractivity contribution in [3.8, 4) is 0 Å². The maximum absolute atomic E-state index is 6.63. The summed E-state index contributed by atoms with van der Waals surface area (Å²) >= 11 is 0. The van der Waals surface area contributed by atoms with Crippen LogP contribution in [0.5, 0.6) is 0 Å². The van der Waals surface area contributed by atoms with E-state index in [1.165, 1.54) is 16.7 Å². The molecular formula is C15H16N2. The van der Waals surface area contributed by atoms with Crippen LogP contribution in [0, 0.1) is 0 Å². The Balaban J connectivity index is 2.16. The van der Waals surface area contributed by atoms with Gasteiger partial charge in [0.1, 0.15) is 0 Å². The van der Waals surface area contributed by atoms with Gasteiger partial charge in [0.15, 0.2) is 0 Å². The number of fused-ring (bicyclic) bond motifs is 1. The van der Waals surface area contributed by atoms with E-state index >= 15 is 0 Å². The Kier molecular flexibility index (Phi) is 2.46. The van der Waals surface area contributed by atoms with Gasteiger partial charge in [-0.15, -0.1) is 0 Å². The van der Waals surface area contributed by atoms with Gasteiger partial charge in [0.2, 0.25) is 0 Å². The molecule has 17 heavy (non-hydrogen) atoms. The van der Waals surface area contributed by atoms with Crippen molar-refractivity contribution in [3.63, 3.8) is 0 Å². The van der Waals surface area contributed by atoms with Crippen molar-refractivity contribution < 1.29 is 0 Å². The maximum atomic E-state index is 6.63. The van der Waals surface area contributed by atoms with Gasteiger partial charge in [-0.1, -0.05) is 54.6 Å². The molecule has 0 radical (unpaired) electrons. The highest BCUT2D eigenvalue weighted by Crippen LogP contribution is 2.31. The molecule has 0 fully saturated rings. The third-order valence-corrected chi connectivity index (χ3v) is 3.51. The molecule has 0 aliphatic carbocycles. The molecule has 2 heteroatoms. The second-order valence-electron chi connectivity index (χ2n) is 4.60. The average molecular weight is 224 g/mol. The van der Waals surface area contributed by atoms with Crippen LogP contribution in [-0.4, -0.2) is 6.54 Å². The van der Waals surface area contributed by atoms with Gasteiger partial charge in [0, 0.05) is 13.1 Å². The topological polar surface area (TPSA) is 38.0 Å². The lowest BCUT2D eigenvalue weighted by Gasteiger charge is -2.36. The first-order valence-electron chi connectivity index (χ1n) is 5.94. The lowest BCUT2D eigenvalue weighted by Crippen LogP contribution is -2.50. The van der Waals surface area contributed by atoms with Gasteiger partial charge in [-0.05, 0) is 16.7 Å². The summed E-state index contributed by atoms with van der Waals surface area (Å²) in [4.78, 5) is 0. The number of hydrogen-bond acceptors (Lipinski definition) is 2. The number of nitrogens with one attached hydrogen (secondary N) is 1. The SMILES string of the molecule is NC1(c2ccccc2)CNCc2ccccc21. The van der Waals surface area contributed by atoms with E-state index in [0.29, 0.717) is 0 Å². The largest absolute Gasteiger partial charge is 0.317 e. The molecule has 0 spiro atoms. The van der Waals surface area contributed by atoms with E-state index in [1.807, 2.05) is 18.2 Å². The highest BCUT2D eigenvalue weighted by atomic mass is 15.0. The van der Waals surface area contributed by atoms with Crippen molar-refractivity contribution in [1.29, 1.82) is 0 Å². The lowest BCUT2D eigenvalue weighted by atomic mass is 9.79. The fourth-order valence-electron chi connectivity index (χ4n) is 2.59. The van der Waals surface area contributed by atoms with Crippen molar-refractivity contribution in [3.05, 3.63) is 71.3 Å². The fraction of sp³-hybridized carbons (Fsp3) is 0.200. The minimum absolute atomic E-state index is 0.407. The third-order valence-electron chi connectivity index (χ3n) is 3.51. The fourth-order valence-corrected chi connectivity index (χ4v) is 2.59. The number of rotatable bonds is 1. The van der Waals surface area contributed by atoms with E-state index < -0.39 is 5.54 Å². The first-order valence-corrected chi connectivity index (χ1v) is 5.94. The van der Waals surface area contributed by atoms with Crippen LogP contribution in [0.25, 0.3) is 0 Å². The Morgan fingerprint density at radius 2 is 1.65 bits per heavy atom. The molecule has 1 aliphatic rings. The molecule has 3 N–H and O–H groups in total. The van der Waals surface area contributed by atoms with E-state index in [4.69, 9.17) is 5.73 Å². The smallest absolute Gasteiger partial charge is 0.0795 e. The van der Waals surface area contributed by atoms with Crippen LogP contribution in [0.15, 0.2) is 54.6 Å². The summed E-state index contributed by atoms with van der Waals surface area (Å²) in [6, 6.07) is 18.7.